The number of hydrogen-bond acceptors (Lipinski definition) is 0. The maximum Gasteiger partial charge on any atom is 0 e. The Morgan fingerprint density at radius 3 is 1.33 bits per heavy atom. The van der Waals surface area contributed by atoms with Crippen LogP contribution in [0.15, 0.2) is 54.6 Å². The van der Waals surface area contributed by atoms with Crippen molar-refractivity contribution < 1.29 is 19.5 Å². The van der Waals surface area contributed by atoms with Gasteiger partial charge in [-0.3, -0.25) is 0 Å². The standard InChI is InChI=1S/C6H7.C5H5.Ru/c1-6-4-2-3-5-6;1-2-4-5-3-1;/h2-5H,1H3;1-5H;/q-1;-5;. The summed E-state index contributed by atoms with van der Waals surface area (Å²) in [6.07, 6.45) is 0. The summed E-state index contributed by atoms with van der Waals surface area (Å²) in [6.45, 7) is 2.08. The number of aryl methyl sites for hydroxylation is 1. The molecule has 0 aromatic heterocycles. The normalized spacial score (nSPS) is 7.75. The number of hydrogen-bond donors (Lipinski definition) is 0. The molecule has 0 aliphatic heterocycles. The van der Waals surface area contributed by atoms with Gasteiger partial charge in [0.05, 0.1) is 0 Å². The molecule has 0 spiro atoms. The molecule has 0 fully saturated rings. The van der Waals surface area contributed by atoms with Gasteiger partial charge < -0.3 is 30.3 Å². The van der Waals surface area contributed by atoms with E-state index in [4.69, 9.17) is 0 Å². The van der Waals surface area contributed by atoms with E-state index >= 15 is 0 Å². The SMILES string of the molecule is C[c-]1cccc1.[Ru].[cH-]1[cH-][cH-][cH-][cH-]1. The molecule has 0 radical (unpaired) electrons. The Morgan fingerprint density at radius 1 is 0.833 bits per heavy atom. The molecule has 2 aromatic carbocycles. The van der Waals surface area contributed by atoms with Crippen LogP contribution in [0.3, 0.4) is 0 Å². The van der Waals surface area contributed by atoms with Crippen LogP contribution in [0.4, 0.5) is 0 Å². The molecule has 0 atom stereocenters. The zero-order chi connectivity index (χ0) is 7.94. The van der Waals surface area contributed by atoms with Gasteiger partial charge in [-0.1, -0.05) is 6.92 Å². The van der Waals surface area contributed by atoms with Crippen molar-refractivity contribution in [2.75, 3.05) is 0 Å². The van der Waals surface area contributed by atoms with Gasteiger partial charge in [-0.15, -0.1) is 0 Å². The molecule has 1 heteroatoms. The largest absolute Gasteiger partial charge is 0.748 e. The summed E-state index contributed by atoms with van der Waals surface area (Å²) >= 11 is 0. The molecule has 0 amide bonds. The van der Waals surface area contributed by atoms with E-state index in [1.54, 1.807) is 0 Å². The monoisotopic (exact) mass is 246 g/mol. The Kier molecular flexibility index (Phi) is 6.60. The van der Waals surface area contributed by atoms with Gasteiger partial charge in [0.1, 0.15) is 0 Å². The zero-order valence-corrected chi connectivity index (χ0v) is 8.79. The van der Waals surface area contributed by atoms with Crippen molar-refractivity contribution in [1.82, 2.24) is 0 Å². The fourth-order valence-corrected chi connectivity index (χ4v) is 0.791. The third kappa shape index (κ3) is 5.04. The van der Waals surface area contributed by atoms with Gasteiger partial charge >= 0.3 is 0 Å². The van der Waals surface area contributed by atoms with Crippen LogP contribution in [0.5, 0.6) is 0 Å². The van der Waals surface area contributed by atoms with Crippen LogP contribution in [0.2, 0.25) is 0 Å². The summed E-state index contributed by atoms with van der Waals surface area (Å²) < 4.78 is 0. The third-order valence-electron chi connectivity index (χ3n) is 1.38. The molecule has 2 rings (SSSR count). The molecule has 0 unspecified atom stereocenters. The van der Waals surface area contributed by atoms with Crippen LogP contribution in [-0.4, -0.2) is 0 Å². The summed E-state index contributed by atoms with van der Waals surface area (Å²) in [6, 6.07) is 18.2. The minimum Gasteiger partial charge on any atom is -0.748 e. The summed E-state index contributed by atoms with van der Waals surface area (Å²) in [5.74, 6) is 0. The van der Waals surface area contributed by atoms with Gasteiger partial charge in [-0.05, 0) is 0 Å². The average molecular weight is 245 g/mol. The van der Waals surface area contributed by atoms with Crippen molar-refractivity contribution in [3.05, 3.63) is 60.2 Å². The maximum absolute atomic E-state index is 2.08. The quantitative estimate of drug-likeness (QED) is 0.494. The van der Waals surface area contributed by atoms with Gasteiger partial charge in [0.25, 0.3) is 0 Å². The molecular weight excluding hydrogens is 233 g/mol. The topological polar surface area (TPSA) is 0 Å². The average Bonchev–Trinajstić information content (AvgIpc) is 2.57. The first kappa shape index (κ1) is 11.3. The molecule has 70 valence electrons. The smallest absolute Gasteiger partial charge is 0 e. The fourth-order valence-electron chi connectivity index (χ4n) is 0.791. The first-order chi connectivity index (χ1) is 5.39. The summed E-state index contributed by atoms with van der Waals surface area (Å²) in [5.41, 5.74) is 1.34. The van der Waals surface area contributed by atoms with Gasteiger partial charge in [0.2, 0.25) is 0 Å². The van der Waals surface area contributed by atoms with Crippen molar-refractivity contribution in [2.24, 2.45) is 0 Å². The molecule has 0 N–H and O–H groups in total. The first-order valence-electron chi connectivity index (χ1n) is 3.74. The van der Waals surface area contributed by atoms with Gasteiger partial charge in [-0.2, -0.15) is 17.7 Å². The van der Waals surface area contributed by atoms with Crippen LogP contribution < -0.4 is 0 Å². The third-order valence-corrected chi connectivity index (χ3v) is 1.38. The summed E-state index contributed by atoms with van der Waals surface area (Å²) in [5, 5.41) is 0. The Morgan fingerprint density at radius 2 is 1.17 bits per heavy atom. The predicted molar refractivity (Wildman–Crippen MR) is 48.8 cm³/mol. The molecule has 0 aliphatic carbocycles. The Labute approximate surface area is 86.7 Å². The van der Waals surface area contributed by atoms with E-state index < -0.39 is 0 Å². The van der Waals surface area contributed by atoms with E-state index in [2.05, 4.69) is 19.1 Å². The second kappa shape index (κ2) is 7.00. The van der Waals surface area contributed by atoms with E-state index in [1.807, 2.05) is 42.5 Å². The Balaban J connectivity index is 0.000000189. The minimum atomic E-state index is 0. The molecule has 0 saturated heterocycles. The Hall–Kier alpha value is -0.677. The van der Waals surface area contributed by atoms with E-state index in [1.165, 1.54) is 5.56 Å². The van der Waals surface area contributed by atoms with Crippen LogP contribution >= 0.6 is 0 Å². The molecule has 0 saturated carbocycles. The van der Waals surface area contributed by atoms with E-state index in [0.29, 0.717) is 0 Å². The van der Waals surface area contributed by atoms with Crippen LogP contribution in [-0.2, 0) is 19.5 Å². The van der Waals surface area contributed by atoms with Crippen molar-refractivity contribution in [2.45, 2.75) is 6.92 Å². The van der Waals surface area contributed by atoms with Crippen molar-refractivity contribution >= 4 is 0 Å². The molecule has 2 aromatic rings. The van der Waals surface area contributed by atoms with E-state index in [0.717, 1.165) is 0 Å². The Bertz CT molecular complexity index is 223. The maximum atomic E-state index is 2.08. The first-order valence-corrected chi connectivity index (χ1v) is 3.74. The molecule has 0 nitrogen and oxygen atoms in total. The predicted octanol–water partition coefficient (Wildman–Crippen LogP) is 3.12. The van der Waals surface area contributed by atoms with Crippen molar-refractivity contribution in [3.8, 4) is 0 Å². The van der Waals surface area contributed by atoms with Crippen molar-refractivity contribution in [3.63, 3.8) is 0 Å². The van der Waals surface area contributed by atoms with E-state index in [-0.39, 0.29) is 19.5 Å². The molecule has 12 heavy (non-hydrogen) atoms. The van der Waals surface area contributed by atoms with Crippen LogP contribution in [0.25, 0.3) is 0 Å². The molecular formula is C11H12Ru-6. The van der Waals surface area contributed by atoms with Crippen LogP contribution in [0.1, 0.15) is 5.56 Å². The molecule has 0 bridgehead atoms. The summed E-state index contributed by atoms with van der Waals surface area (Å²) in [7, 11) is 0. The summed E-state index contributed by atoms with van der Waals surface area (Å²) in [4.78, 5) is 0. The zero-order valence-electron chi connectivity index (χ0n) is 7.05. The number of rotatable bonds is 0. The molecule has 0 aliphatic rings. The fraction of sp³-hybridized carbons (Fsp3) is 0.0909. The molecule has 0 heterocycles. The van der Waals surface area contributed by atoms with Gasteiger partial charge in [0, 0.05) is 19.5 Å². The van der Waals surface area contributed by atoms with Gasteiger partial charge in [0.15, 0.2) is 0 Å². The second-order valence-corrected chi connectivity index (χ2v) is 2.42. The second-order valence-electron chi connectivity index (χ2n) is 2.42. The van der Waals surface area contributed by atoms with Crippen LogP contribution in [0, 0.1) is 6.92 Å². The van der Waals surface area contributed by atoms with E-state index in [9.17, 15) is 0 Å². The minimum absolute atomic E-state index is 0. The van der Waals surface area contributed by atoms with Gasteiger partial charge in [-0.25, -0.2) is 12.1 Å². The van der Waals surface area contributed by atoms with Crippen molar-refractivity contribution in [1.29, 1.82) is 0 Å².